The van der Waals surface area contributed by atoms with Crippen LogP contribution in [0.25, 0.3) is 0 Å². The van der Waals surface area contributed by atoms with Crippen LogP contribution >= 0.6 is 0 Å². The van der Waals surface area contributed by atoms with Gasteiger partial charge in [-0.3, -0.25) is 9.59 Å². The molecule has 1 aromatic heterocycles. The van der Waals surface area contributed by atoms with E-state index in [1.807, 2.05) is 0 Å². The van der Waals surface area contributed by atoms with E-state index in [-0.39, 0.29) is 11.2 Å². The molecule has 0 saturated heterocycles. The van der Waals surface area contributed by atoms with Crippen molar-refractivity contribution < 1.29 is 13.6 Å². The van der Waals surface area contributed by atoms with Crippen molar-refractivity contribution in [2.75, 3.05) is 6.54 Å². The first-order valence-electron chi connectivity index (χ1n) is 7.75. The Hall–Kier alpha value is -2.57. The minimum absolute atomic E-state index is 0.0510. The van der Waals surface area contributed by atoms with Crippen LogP contribution in [0.4, 0.5) is 8.78 Å². The lowest BCUT2D eigenvalue weighted by Gasteiger charge is -2.42. The standard InChI is InChI=1S/C17H17F2N3O2/c18-12-3-2-11(13(19)8-12)9-17(5-1-6-17)10-21-16(24)15-20-7-4-14(23)22-15/h2-4,7-8H,1,5-6,9-10H2,(H,21,24)(H,20,22,23). The molecule has 1 aliphatic carbocycles. The molecule has 24 heavy (non-hydrogen) atoms. The Balaban J connectivity index is 1.67. The van der Waals surface area contributed by atoms with Gasteiger partial charge in [-0.1, -0.05) is 12.5 Å². The van der Waals surface area contributed by atoms with Crippen LogP contribution in [0, 0.1) is 17.0 Å². The number of benzene rings is 1. The fourth-order valence-electron chi connectivity index (χ4n) is 3.00. The van der Waals surface area contributed by atoms with Crippen LogP contribution < -0.4 is 10.9 Å². The number of aromatic nitrogens is 2. The summed E-state index contributed by atoms with van der Waals surface area (Å²) in [6.07, 6.45) is 4.39. The van der Waals surface area contributed by atoms with Crippen molar-refractivity contribution >= 4 is 5.91 Å². The van der Waals surface area contributed by atoms with Gasteiger partial charge < -0.3 is 10.3 Å². The fraction of sp³-hybridized carbons (Fsp3) is 0.353. The molecule has 2 aromatic rings. The van der Waals surface area contributed by atoms with Gasteiger partial charge >= 0.3 is 0 Å². The molecule has 2 N–H and O–H groups in total. The highest BCUT2D eigenvalue weighted by Gasteiger charge is 2.38. The van der Waals surface area contributed by atoms with Gasteiger partial charge in [0, 0.05) is 24.9 Å². The lowest BCUT2D eigenvalue weighted by molar-refractivity contribution is 0.0848. The summed E-state index contributed by atoms with van der Waals surface area (Å²) in [5.41, 5.74) is -0.206. The molecule has 1 saturated carbocycles. The van der Waals surface area contributed by atoms with Gasteiger partial charge in [0.05, 0.1) is 0 Å². The first-order valence-corrected chi connectivity index (χ1v) is 7.75. The van der Waals surface area contributed by atoms with Crippen molar-refractivity contribution in [2.24, 2.45) is 5.41 Å². The molecule has 0 unspecified atom stereocenters. The van der Waals surface area contributed by atoms with E-state index in [0.29, 0.717) is 18.5 Å². The van der Waals surface area contributed by atoms with Gasteiger partial charge in [0.1, 0.15) is 11.6 Å². The molecule has 0 spiro atoms. The lowest BCUT2D eigenvalue weighted by Crippen LogP contribution is -2.44. The molecule has 3 rings (SSSR count). The van der Waals surface area contributed by atoms with E-state index < -0.39 is 23.1 Å². The van der Waals surface area contributed by atoms with Crippen molar-refractivity contribution in [3.8, 4) is 0 Å². The average Bonchev–Trinajstić information content (AvgIpc) is 2.51. The number of carbonyl (C=O) groups is 1. The van der Waals surface area contributed by atoms with E-state index >= 15 is 0 Å². The molecule has 0 aliphatic heterocycles. The van der Waals surface area contributed by atoms with Crippen molar-refractivity contribution in [3.05, 3.63) is 63.8 Å². The predicted molar refractivity (Wildman–Crippen MR) is 83.5 cm³/mol. The second-order valence-corrected chi connectivity index (χ2v) is 6.23. The normalized spacial score (nSPS) is 15.6. The number of aromatic amines is 1. The number of carbonyl (C=O) groups excluding carboxylic acids is 1. The third-order valence-electron chi connectivity index (χ3n) is 4.50. The van der Waals surface area contributed by atoms with Crippen LogP contribution in [0.3, 0.4) is 0 Å². The van der Waals surface area contributed by atoms with Crippen LogP contribution in [0.15, 0.2) is 35.3 Å². The van der Waals surface area contributed by atoms with Gasteiger partial charge in [0.2, 0.25) is 0 Å². The Morgan fingerprint density at radius 3 is 2.71 bits per heavy atom. The average molecular weight is 333 g/mol. The Kier molecular flexibility index (Phi) is 4.42. The van der Waals surface area contributed by atoms with E-state index in [1.165, 1.54) is 24.4 Å². The summed E-state index contributed by atoms with van der Waals surface area (Å²) in [5.74, 6) is -1.70. The third kappa shape index (κ3) is 3.50. The Morgan fingerprint density at radius 2 is 2.08 bits per heavy atom. The molecular formula is C17H17F2N3O2. The molecular weight excluding hydrogens is 316 g/mol. The molecule has 1 aromatic carbocycles. The van der Waals surface area contributed by atoms with Gasteiger partial charge in [0.15, 0.2) is 5.82 Å². The first kappa shape index (κ1) is 16.3. The summed E-state index contributed by atoms with van der Waals surface area (Å²) in [6, 6.07) is 4.78. The van der Waals surface area contributed by atoms with E-state index in [4.69, 9.17) is 0 Å². The second kappa shape index (κ2) is 6.51. The number of nitrogens with zero attached hydrogens (tertiary/aromatic N) is 1. The zero-order valence-corrected chi connectivity index (χ0v) is 12.9. The lowest BCUT2D eigenvalue weighted by atomic mass is 9.65. The quantitative estimate of drug-likeness (QED) is 0.881. The smallest absolute Gasteiger partial charge is 0.287 e. The highest BCUT2D eigenvalue weighted by molar-refractivity contribution is 5.90. The van der Waals surface area contributed by atoms with Crippen LogP contribution in [-0.2, 0) is 6.42 Å². The molecule has 5 nitrogen and oxygen atoms in total. The largest absolute Gasteiger partial charge is 0.349 e. The Bertz CT molecular complexity index is 815. The number of hydrogen-bond acceptors (Lipinski definition) is 3. The molecule has 1 aliphatic rings. The SMILES string of the molecule is O=C(NCC1(Cc2ccc(F)cc2F)CCC1)c1nccc(=O)[nH]1. The first-order chi connectivity index (χ1) is 11.5. The van der Waals surface area contributed by atoms with Gasteiger partial charge in [-0.05, 0) is 36.3 Å². The van der Waals surface area contributed by atoms with Gasteiger partial charge in [-0.25, -0.2) is 13.8 Å². The molecule has 1 fully saturated rings. The van der Waals surface area contributed by atoms with Gasteiger partial charge in [-0.2, -0.15) is 0 Å². The van der Waals surface area contributed by atoms with E-state index in [2.05, 4.69) is 15.3 Å². The second-order valence-electron chi connectivity index (χ2n) is 6.23. The zero-order chi connectivity index (χ0) is 17.2. The van der Waals surface area contributed by atoms with Crippen molar-refractivity contribution in [1.29, 1.82) is 0 Å². The maximum atomic E-state index is 13.9. The molecule has 0 radical (unpaired) electrons. The molecule has 7 heteroatoms. The number of rotatable bonds is 5. The minimum atomic E-state index is -0.605. The van der Waals surface area contributed by atoms with Crippen LogP contribution in [0.2, 0.25) is 0 Å². The summed E-state index contributed by atoms with van der Waals surface area (Å²) < 4.78 is 26.9. The summed E-state index contributed by atoms with van der Waals surface area (Å²) in [7, 11) is 0. The number of H-pyrrole nitrogens is 1. The summed E-state index contributed by atoms with van der Waals surface area (Å²) in [6.45, 7) is 0.348. The number of nitrogens with one attached hydrogen (secondary N) is 2. The molecule has 126 valence electrons. The van der Waals surface area contributed by atoms with Crippen molar-refractivity contribution in [2.45, 2.75) is 25.7 Å². The van der Waals surface area contributed by atoms with Crippen LogP contribution in [0.1, 0.15) is 35.4 Å². The monoisotopic (exact) mass is 333 g/mol. The fourth-order valence-corrected chi connectivity index (χ4v) is 3.00. The molecule has 0 atom stereocenters. The molecule has 1 heterocycles. The number of hydrogen-bond donors (Lipinski definition) is 2. The highest BCUT2D eigenvalue weighted by Crippen LogP contribution is 2.43. The molecule has 1 amide bonds. The highest BCUT2D eigenvalue weighted by atomic mass is 19.1. The van der Waals surface area contributed by atoms with Gasteiger partial charge in [-0.15, -0.1) is 0 Å². The van der Waals surface area contributed by atoms with Crippen LogP contribution in [-0.4, -0.2) is 22.4 Å². The predicted octanol–water partition coefficient (Wildman–Crippen LogP) is 2.19. The summed E-state index contributed by atoms with van der Waals surface area (Å²) in [4.78, 5) is 29.5. The third-order valence-corrected chi connectivity index (χ3v) is 4.50. The number of halogens is 2. The molecule has 0 bridgehead atoms. The maximum absolute atomic E-state index is 13.9. The Labute approximate surface area is 137 Å². The number of amides is 1. The Morgan fingerprint density at radius 1 is 1.29 bits per heavy atom. The van der Waals surface area contributed by atoms with E-state index in [0.717, 1.165) is 25.3 Å². The summed E-state index contributed by atoms with van der Waals surface area (Å²) >= 11 is 0. The van der Waals surface area contributed by atoms with Crippen molar-refractivity contribution in [1.82, 2.24) is 15.3 Å². The topological polar surface area (TPSA) is 74.8 Å². The zero-order valence-electron chi connectivity index (χ0n) is 12.9. The van der Waals surface area contributed by atoms with Gasteiger partial charge in [0.25, 0.3) is 11.5 Å². The van der Waals surface area contributed by atoms with Crippen LogP contribution in [0.5, 0.6) is 0 Å². The maximum Gasteiger partial charge on any atom is 0.287 e. The summed E-state index contributed by atoms with van der Waals surface area (Å²) in [5, 5.41) is 2.75. The van der Waals surface area contributed by atoms with Crippen molar-refractivity contribution in [3.63, 3.8) is 0 Å². The van der Waals surface area contributed by atoms with E-state index in [1.54, 1.807) is 0 Å². The van der Waals surface area contributed by atoms with E-state index in [9.17, 15) is 18.4 Å². The minimum Gasteiger partial charge on any atom is -0.349 e.